The molecule has 70 valence electrons. The Bertz CT molecular complexity index is 272. The Morgan fingerprint density at radius 1 is 1.69 bits per heavy atom. The lowest BCUT2D eigenvalue weighted by molar-refractivity contribution is -0.127. The molecule has 13 heavy (non-hydrogen) atoms. The van der Waals surface area contributed by atoms with Gasteiger partial charge in [-0.25, -0.2) is 0 Å². The van der Waals surface area contributed by atoms with Gasteiger partial charge >= 0.3 is 0 Å². The number of nitrogens with zero attached hydrogens (tertiary/aromatic N) is 1. The Balaban J connectivity index is 2.55. The normalized spacial score (nSPS) is 12.5. The number of hydrogen-bond acceptors (Lipinski definition) is 3. The molecule has 0 aliphatic rings. The minimum absolute atomic E-state index is 0.0792. The number of methoxy groups -OCH3 is 1. The van der Waals surface area contributed by atoms with E-state index < -0.39 is 0 Å². The van der Waals surface area contributed by atoms with E-state index in [1.165, 1.54) is 7.11 Å². The van der Waals surface area contributed by atoms with Crippen LogP contribution in [-0.2, 0) is 16.0 Å². The van der Waals surface area contributed by atoms with E-state index in [9.17, 15) is 4.79 Å². The highest BCUT2D eigenvalue weighted by Crippen LogP contribution is 2.01. The lowest BCUT2D eigenvalue weighted by atomic mass is 10.1. The van der Waals surface area contributed by atoms with Crippen LogP contribution in [0.4, 0.5) is 0 Å². The first-order chi connectivity index (χ1) is 6.24. The van der Waals surface area contributed by atoms with E-state index in [-0.39, 0.29) is 11.9 Å². The summed E-state index contributed by atoms with van der Waals surface area (Å²) in [4.78, 5) is 15.3. The van der Waals surface area contributed by atoms with E-state index in [0.29, 0.717) is 6.42 Å². The maximum Gasteiger partial charge on any atom is 0.165 e. The Kier molecular flexibility index (Phi) is 3.58. The highest BCUT2D eigenvalue weighted by atomic mass is 16.5. The summed E-state index contributed by atoms with van der Waals surface area (Å²) in [6.45, 7) is 1.75. The zero-order chi connectivity index (χ0) is 9.68. The summed E-state index contributed by atoms with van der Waals surface area (Å²) in [5.74, 6) is 0.0792. The molecule has 0 N–H and O–H groups in total. The maximum absolute atomic E-state index is 11.4. The van der Waals surface area contributed by atoms with Gasteiger partial charge in [0.05, 0.1) is 0 Å². The molecule has 3 nitrogen and oxygen atoms in total. The van der Waals surface area contributed by atoms with Crippen molar-refractivity contribution in [2.75, 3.05) is 7.11 Å². The van der Waals surface area contributed by atoms with Crippen molar-refractivity contribution in [2.24, 2.45) is 0 Å². The van der Waals surface area contributed by atoms with Gasteiger partial charge in [-0.15, -0.1) is 0 Å². The van der Waals surface area contributed by atoms with Gasteiger partial charge in [-0.2, -0.15) is 0 Å². The summed E-state index contributed by atoms with van der Waals surface area (Å²) >= 11 is 0. The molecule has 0 aromatic carbocycles. The first kappa shape index (κ1) is 9.86. The predicted octanol–water partition coefficient (Wildman–Crippen LogP) is 1.23. The largest absolute Gasteiger partial charge is 0.374 e. The van der Waals surface area contributed by atoms with Crippen LogP contribution in [0.25, 0.3) is 0 Å². The van der Waals surface area contributed by atoms with Crippen LogP contribution in [-0.4, -0.2) is 24.0 Å². The standard InChI is InChI=1S/C10H13NO2/c1-8(13-2)10(12)6-9-4-3-5-11-7-9/h3-5,7-8H,6H2,1-2H3. The van der Waals surface area contributed by atoms with Crippen LogP contribution in [0.15, 0.2) is 24.5 Å². The fraction of sp³-hybridized carbons (Fsp3) is 0.400. The summed E-state index contributed by atoms with van der Waals surface area (Å²) < 4.78 is 4.91. The lowest BCUT2D eigenvalue weighted by Crippen LogP contribution is -2.20. The maximum atomic E-state index is 11.4. The second kappa shape index (κ2) is 4.72. The minimum Gasteiger partial charge on any atom is -0.374 e. The molecule has 1 unspecified atom stereocenters. The Morgan fingerprint density at radius 3 is 3.00 bits per heavy atom. The summed E-state index contributed by atoms with van der Waals surface area (Å²) in [6.07, 6.45) is 3.44. The number of pyridine rings is 1. The van der Waals surface area contributed by atoms with Crippen LogP contribution in [0.5, 0.6) is 0 Å². The molecule has 0 saturated heterocycles. The molecule has 1 aromatic rings. The van der Waals surface area contributed by atoms with Gasteiger partial charge in [-0.05, 0) is 18.6 Å². The second-order valence-electron chi connectivity index (χ2n) is 2.88. The molecule has 1 heterocycles. The number of Topliss-reactive ketones (excluding diaryl/α,β-unsaturated/α-hetero) is 1. The van der Waals surface area contributed by atoms with Crippen molar-refractivity contribution in [1.29, 1.82) is 0 Å². The van der Waals surface area contributed by atoms with E-state index in [0.717, 1.165) is 5.56 Å². The van der Waals surface area contributed by atoms with E-state index in [2.05, 4.69) is 4.98 Å². The average Bonchev–Trinajstić information content (AvgIpc) is 2.18. The van der Waals surface area contributed by atoms with Gasteiger partial charge in [0, 0.05) is 25.9 Å². The zero-order valence-corrected chi connectivity index (χ0v) is 7.86. The molecular weight excluding hydrogens is 166 g/mol. The highest BCUT2D eigenvalue weighted by molar-refractivity contribution is 5.84. The van der Waals surface area contributed by atoms with Crippen molar-refractivity contribution < 1.29 is 9.53 Å². The van der Waals surface area contributed by atoms with Crippen LogP contribution in [0.1, 0.15) is 12.5 Å². The van der Waals surface area contributed by atoms with Crippen LogP contribution in [0, 0.1) is 0 Å². The third-order valence-electron chi connectivity index (χ3n) is 1.91. The molecule has 1 atom stereocenters. The predicted molar refractivity (Wildman–Crippen MR) is 49.4 cm³/mol. The molecule has 1 aromatic heterocycles. The second-order valence-corrected chi connectivity index (χ2v) is 2.88. The van der Waals surface area contributed by atoms with Crippen LogP contribution in [0.3, 0.4) is 0 Å². The molecule has 0 spiro atoms. The van der Waals surface area contributed by atoms with Crippen LogP contribution in [0.2, 0.25) is 0 Å². The van der Waals surface area contributed by atoms with Gasteiger partial charge < -0.3 is 4.74 Å². The van der Waals surface area contributed by atoms with Crippen LogP contribution >= 0.6 is 0 Å². The number of carbonyl (C=O) groups is 1. The number of aromatic nitrogens is 1. The molecule has 0 aliphatic carbocycles. The number of rotatable bonds is 4. The molecular formula is C10H13NO2. The lowest BCUT2D eigenvalue weighted by Gasteiger charge is -2.07. The topological polar surface area (TPSA) is 39.2 Å². The van der Waals surface area contributed by atoms with Crippen molar-refractivity contribution in [3.63, 3.8) is 0 Å². The molecule has 0 bridgehead atoms. The monoisotopic (exact) mass is 179 g/mol. The van der Waals surface area contributed by atoms with E-state index in [1.54, 1.807) is 19.3 Å². The first-order valence-corrected chi connectivity index (χ1v) is 4.18. The summed E-state index contributed by atoms with van der Waals surface area (Å²) in [7, 11) is 1.53. The summed E-state index contributed by atoms with van der Waals surface area (Å²) in [6, 6.07) is 3.70. The smallest absolute Gasteiger partial charge is 0.165 e. The van der Waals surface area contributed by atoms with Crippen molar-refractivity contribution in [1.82, 2.24) is 4.98 Å². The van der Waals surface area contributed by atoms with Crippen LogP contribution < -0.4 is 0 Å². The third-order valence-corrected chi connectivity index (χ3v) is 1.91. The molecule has 0 saturated carbocycles. The Labute approximate surface area is 77.8 Å². The average molecular weight is 179 g/mol. The van der Waals surface area contributed by atoms with E-state index in [4.69, 9.17) is 4.74 Å². The highest BCUT2D eigenvalue weighted by Gasteiger charge is 2.11. The molecule has 0 radical (unpaired) electrons. The van der Waals surface area contributed by atoms with Gasteiger partial charge in [0.1, 0.15) is 6.10 Å². The quantitative estimate of drug-likeness (QED) is 0.697. The van der Waals surface area contributed by atoms with E-state index in [1.807, 2.05) is 12.1 Å². The first-order valence-electron chi connectivity index (χ1n) is 4.18. The van der Waals surface area contributed by atoms with Crippen molar-refractivity contribution >= 4 is 5.78 Å². The number of hydrogen-bond donors (Lipinski definition) is 0. The fourth-order valence-electron chi connectivity index (χ4n) is 0.979. The summed E-state index contributed by atoms with van der Waals surface area (Å²) in [5.41, 5.74) is 0.927. The third kappa shape index (κ3) is 2.95. The molecule has 0 aliphatic heterocycles. The Morgan fingerprint density at radius 2 is 2.46 bits per heavy atom. The van der Waals surface area contributed by atoms with Crippen molar-refractivity contribution in [3.8, 4) is 0 Å². The number of ether oxygens (including phenoxy) is 1. The zero-order valence-electron chi connectivity index (χ0n) is 7.86. The molecule has 0 amide bonds. The van der Waals surface area contributed by atoms with Gasteiger partial charge in [0.2, 0.25) is 0 Å². The van der Waals surface area contributed by atoms with Gasteiger partial charge in [-0.1, -0.05) is 6.07 Å². The molecule has 3 heteroatoms. The number of ketones is 1. The molecule has 1 rings (SSSR count). The van der Waals surface area contributed by atoms with Crippen molar-refractivity contribution in [3.05, 3.63) is 30.1 Å². The molecule has 0 fully saturated rings. The van der Waals surface area contributed by atoms with Gasteiger partial charge in [0.25, 0.3) is 0 Å². The summed E-state index contributed by atoms with van der Waals surface area (Å²) in [5, 5.41) is 0. The fourth-order valence-corrected chi connectivity index (χ4v) is 0.979. The van der Waals surface area contributed by atoms with Crippen molar-refractivity contribution in [2.45, 2.75) is 19.4 Å². The Hall–Kier alpha value is -1.22. The van der Waals surface area contributed by atoms with Gasteiger partial charge in [-0.3, -0.25) is 9.78 Å². The van der Waals surface area contributed by atoms with Gasteiger partial charge in [0.15, 0.2) is 5.78 Å². The number of carbonyl (C=O) groups excluding carboxylic acids is 1. The minimum atomic E-state index is -0.333. The SMILES string of the molecule is COC(C)C(=O)Cc1cccnc1. The van der Waals surface area contributed by atoms with E-state index >= 15 is 0 Å².